The van der Waals surface area contributed by atoms with Gasteiger partial charge in [-0.05, 0) is 32.9 Å². The van der Waals surface area contributed by atoms with Gasteiger partial charge in [-0.2, -0.15) is 0 Å². The Morgan fingerprint density at radius 1 is 1.36 bits per heavy atom. The molecule has 0 radical (unpaired) electrons. The fourth-order valence-electron chi connectivity index (χ4n) is 2.33. The lowest BCUT2D eigenvalue weighted by atomic mass is 10.1. The number of halogens is 1. The van der Waals surface area contributed by atoms with Crippen molar-refractivity contribution in [3.8, 4) is 0 Å². The van der Waals surface area contributed by atoms with Gasteiger partial charge in [0.05, 0.1) is 6.10 Å². The Morgan fingerprint density at radius 2 is 2.00 bits per heavy atom. The lowest BCUT2D eigenvalue weighted by Crippen LogP contribution is -2.45. The number of aliphatic hydroxyl groups is 1. The number of hydrogen-bond donors (Lipinski definition) is 3. The van der Waals surface area contributed by atoms with Crippen LogP contribution in [-0.2, 0) is 0 Å². The highest BCUT2D eigenvalue weighted by atomic mass is 19.1. The zero-order valence-electron chi connectivity index (χ0n) is 13.1. The number of hydrogen-bond acceptors (Lipinski definition) is 3. The van der Waals surface area contributed by atoms with Crippen molar-refractivity contribution in [1.82, 2.24) is 15.5 Å². The minimum Gasteiger partial charge on any atom is -0.386 e. The van der Waals surface area contributed by atoms with Crippen molar-refractivity contribution in [1.29, 1.82) is 0 Å². The maximum absolute atomic E-state index is 13.5. The summed E-state index contributed by atoms with van der Waals surface area (Å²) in [6.07, 6.45) is 1.39. The van der Waals surface area contributed by atoms with E-state index >= 15 is 0 Å². The molecule has 0 aromatic heterocycles. The SMILES string of the molecule is CC(CNC(=O)NCC(O)c1ccccc1F)N(C)C1CC1. The molecule has 1 aromatic carbocycles. The topological polar surface area (TPSA) is 64.6 Å². The van der Waals surface area contributed by atoms with Crippen molar-refractivity contribution < 1.29 is 14.3 Å². The molecule has 0 spiro atoms. The Kier molecular flexibility index (Phi) is 5.74. The molecule has 1 aromatic rings. The summed E-state index contributed by atoms with van der Waals surface area (Å²) in [6, 6.07) is 6.55. The van der Waals surface area contributed by atoms with Crippen molar-refractivity contribution >= 4 is 6.03 Å². The van der Waals surface area contributed by atoms with Crippen LogP contribution in [0.4, 0.5) is 9.18 Å². The molecular weight excluding hydrogens is 285 g/mol. The zero-order valence-corrected chi connectivity index (χ0v) is 13.1. The fraction of sp³-hybridized carbons (Fsp3) is 0.562. The third kappa shape index (κ3) is 4.68. The molecule has 2 amide bonds. The van der Waals surface area contributed by atoms with Gasteiger partial charge in [-0.1, -0.05) is 18.2 Å². The van der Waals surface area contributed by atoms with E-state index in [-0.39, 0.29) is 24.2 Å². The van der Waals surface area contributed by atoms with Gasteiger partial charge in [0, 0.05) is 30.7 Å². The number of carbonyl (C=O) groups is 1. The van der Waals surface area contributed by atoms with E-state index in [1.165, 1.54) is 25.0 Å². The van der Waals surface area contributed by atoms with Crippen molar-refractivity contribution in [3.05, 3.63) is 35.6 Å². The van der Waals surface area contributed by atoms with E-state index in [0.29, 0.717) is 12.6 Å². The molecule has 1 fully saturated rings. The first-order valence-electron chi connectivity index (χ1n) is 7.65. The fourth-order valence-corrected chi connectivity index (χ4v) is 2.33. The van der Waals surface area contributed by atoms with Gasteiger partial charge >= 0.3 is 6.03 Å². The summed E-state index contributed by atoms with van der Waals surface area (Å²) in [6.45, 7) is 2.57. The molecule has 0 aliphatic heterocycles. The molecule has 0 heterocycles. The van der Waals surface area contributed by atoms with Crippen LogP contribution in [-0.4, -0.2) is 48.3 Å². The lowest BCUT2D eigenvalue weighted by Gasteiger charge is -2.24. The maximum atomic E-state index is 13.5. The average Bonchev–Trinajstić information content (AvgIpc) is 3.34. The summed E-state index contributed by atoms with van der Waals surface area (Å²) in [5.74, 6) is -0.475. The molecule has 2 atom stereocenters. The highest BCUT2D eigenvalue weighted by molar-refractivity contribution is 5.73. The van der Waals surface area contributed by atoms with Crippen LogP contribution in [0.3, 0.4) is 0 Å². The molecule has 2 rings (SSSR count). The number of nitrogens with one attached hydrogen (secondary N) is 2. The van der Waals surface area contributed by atoms with Gasteiger partial charge in [0.2, 0.25) is 0 Å². The first kappa shape index (κ1) is 16.7. The molecule has 1 aliphatic carbocycles. The Hall–Kier alpha value is -1.66. The second kappa shape index (κ2) is 7.56. The molecule has 3 N–H and O–H groups in total. The summed E-state index contributed by atoms with van der Waals surface area (Å²) in [4.78, 5) is 14.0. The van der Waals surface area contributed by atoms with Gasteiger partial charge in [0.1, 0.15) is 5.82 Å². The number of amides is 2. The third-order valence-corrected chi connectivity index (χ3v) is 4.10. The van der Waals surface area contributed by atoms with Crippen molar-refractivity contribution in [3.63, 3.8) is 0 Å². The van der Waals surface area contributed by atoms with E-state index in [2.05, 4.69) is 29.5 Å². The van der Waals surface area contributed by atoms with Crippen LogP contribution < -0.4 is 10.6 Å². The van der Waals surface area contributed by atoms with Gasteiger partial charge in [-0.25, -0.2) is 9.18 Å². The first-order chi connectivity index (χ1) is 10.5. The summed E-state index contributed by atoms with van der Waals surface area (Å²) in [7, 11) is 2.06. The van der Waals surface area contributed by atoms with Crippen LogP contribution >= 0.6 is 0 Å². The number of likely N-dealkylation sites (N-methyl/N-ethyl adjacent to an activating group) is 1. The molecule has 5 nitrogen and oxygen atoms in total. The molecule has 0 bridgehead atoms. The minimum atomic E-state index is -1.06. The molecule has 1 aliphatic rings. The number of rotatable bonds is 7. The number of carbonyl (C=O) groups excluding carboxylic acids is 1. The molecule has 122 valence electrons. The maximum Gasteiger partial charge on any atom is 0.314 e. The number of urea groups is 1. The van der Waals surface area contributed by atoms with Crippen molar-refractivity contribution in [2.75, 3.05) is 20.1 Å². The Labute approximate surface area is 130 Å². The molecule has 22 heavy (non-hydrogen) atoms. The normalized spacial score (nSPS) is 17.1. The summed E-state index contributed by atoms with van der Waals surface area (Å²) in [5, 5.41) is 15.2. The van der Waals surface area contributed by atoms with E-state index in [9.17, 15) is 14.3 Å². The predicted molar refractivity (Wildman–Crippen MR) is 83.0 cm³/mol. The number of aliphatic hydroxyl groups excluding tert-OH is 1. The van der Waals surface area contributed by atoms with E-state index < -0.39 is 11.9 Å². The Morgan fingerprint density at radius 3 is 2.64 bits per heavy atom. The zero-order chi connectivity index (χ0) is 16.1. The van der Waals surface area contributed by atoms with Crippen LogP contribution in [0.15, 0.2) is 24.3 Å². The average molecular weight is 309 g/mol. The Bertz CT molecular complexity index is 508. The minimum absolute atomic E-state index is 0.0282. The summed E-state index contributed by atoms with van der Waals surface area (Å²) in [5.41, 5.74) is 0.185. The van der Waals surface area contributed by atoms with Crippen LogP contribution in [0.1, 0.15) is 31.4 Å². The quantitative estimate of drug-likeness (QED) is 0.717. The van der Waals surface area contributed by atoms with Gasteiger partial charge in [0.25, 0.3) is 0 Å². The molecule has 1 saturated carbocycles. The third-order valence-electron chi connectivity index (χ3n) is 4.10. The molecular formula is C16H24FN3O2. The second-order valence-electron chi connectivity index (χ2n) is 5.87. The first-order valence-corrected chi connectivity index (χ1v) is 7.65. The van der Waals surface area contributed by atoms with Crippen LogP contribution in [0.2, 0.25) is 0 Å². The van der Waals surface area contributed by atoms with E-state index in [1.54, 1.807) is 12.1 Å². The highest BCUT2D eigenvalue weighted by Gasteiger charge is 2.29. The summed E-state index contributed by atoms with van der Waals surface area (Å²) < 4.78 is 13.5. The number of nitrogens with zero attached hydrogens (tertiary/aromatic N) is 1. The van der Waals surface area contributed by atoms with Gasteiger partial charge < -0.3 is 15.7 Å². The van der Waals surface area contributed by atoms with Crippen molar-refractivity contribution in [2.45, 2.75) is 38.0 Å². The number of benzene rings is 1. The molecule has 0 saturated heterocycles. The van der Waals surface area contributed by atoms with Crippen molar-refractivity contribution in [2.24, 2.45) is 0 Å². The van der Waals surface area contributed by atoms with Gasteiger partial charge in [-0.3, -0.25) is 4.90 Å². The monoisotopic (exact) mass is 309 g/mol. The largest absolute Gasteiger partial charge is 0.386 e. The lowest BCUT2D eigenvalue weighted by molar-refractivity contribution is 0.168. The molecule has 2 unspecified atom stereocenters. The smallest absolute Gasteiger partial charge is 0.314 e. The van der Waals surface area contributed by atoms with Gasteiger partial charge in [-0.15, -0.1) is 0 Å². The van der Waals surface area contributed by atoms with E-state index in [1.807, 2.05) is 0 Å². The molecule has 6 heteroatoms. The van der Waals surface area contributed by atoms with Crippen LogP contribution in [0.25, 0.3) is 0 Å². The second-order valence-corrected chi connectivity index (χ2v) is 5.87. The van der Waals surface area contributed by atoms with Crippen LogP contribution in [0, 0.1) is 5.82 Å². The van der Waals surface area contributed by atoms with Gasteiger partial charge in [0.15, 0.2) is 0 Å². The summed E-state index contributed by atoms with van der Waals surface area (Å²) >= 11 is 0. The Balaban J connectivity index is 1.70. The van der Waals surface area contributed by atoms with Crippen LogP contribution in [0.5, 0.6) is 0 Å². The predicted octanol–water partition coefficient (Wildman–Crippen LogP) is 1.64. The van der Waals surface area contributed by atoms with E-state index in [4.69, 9.17) is 0 Å². The highest BCUT2D eigenvalue weighted by Crippen LogP contribution is 2.26. The standard InChI is InChI=1S/C16H24FN3O2/c1-11(20(2)12-7-8-12)9-18-16(22)19-10-15(21)13-5-3-4-6-14(13)17/h3-6,11-12,15,21H,7-10H2,1-2H3,(H2,18,19,22). The van der Waals surface area contributed by atoms with E-state index in [0.717, 1.165) is 0 Å².